The third-order valence-corrected chi connectivity index (χ3v) is 6.74. The van der Waals surface area contributed by atoms with Crippen LogP contribution in [0.4, 0.5) is 15.0 Å². The number of benzene rings is 1. The maximum absolute atomic E-state index is 13.7. The number of rotatable bonds is 5. The van der Waals surface area contributed by atoms with Crippen LogP contribution in [0.2, 0.25) is 5.02 Å². The highest BCUT2D eigenvalue weighted by molar-refractivity contribution is 6.31. The van der Waals surface area contributed by atoms with Gasteiger partial charge in [0.2, 0.25) is 0 Å². The summed E-state index contributed by atoms with van der Waals surface area (Å²) in [5.41, 5.74) is 13.1. The van der Waals surface area contributed by atoms with Gasteiger partial charge in [-0.15, -0.1) is 0 Å². The molecule has 1 aliphatic rings. The van der Waals surface area contributed by atoms with Gasteiger partial charge in [0.15, 0.2) is 0 Å². The molecule has 3 aromatic rings. The highest BCUT2D eigenvalue weighted by Gasteiger charge is 2.28. The Morgan fingerprint density at radius 2 is 1.89 bits per heavy atom. The molecule has 38 heavy (non-hydrogen) atoms. The van der Waals surface area contributed by atoms with E-state index < -0.39 is 17.3 Å². The van der Waals surface area contributed by atoms with Crippen LogP contribution in [0.3, 0.4) is 0 Å². The summed E-state index contributed by atoms with van der Waals surface area (Å²) in [5.74, 6) is -0.887. The van der Waals surface area contributed by atoms with Crippen LogP contribution in [0.5, 0.6) is 0 Å². The number of likely N-dealkylation sites (tertiary alicyclic amines) is 1. The summed E-state index contributed by atoms with van der Waals surface area (Å²) < 4.78 is 22.4. The Kier molecular flexibility index (Phi) is 7.96. The zero-order valence-electron chi connectivity index (χ0n) is 21.8. The molecule has 1 saturated heterocycles. The van der Waals surface area contributed by atoms with Crippen molar-refractivity contribution in [3.8, 4) is 11.3 Å². The molecule has 204 valence electrons. The van der Waals surface area contributed by atoms with Crippen molar-refractivity contribution in [2.24, 2.45) is 5.73 Å². The predicted molar refractivity (Wildman–Crippen MR) is 142 cm³/mol. The fourth-order valence-corrected chi connectivity index (χ4v) is 4.80. The number of aromatic nitrogens is 4. The smallest absolute Gasteiger partial charge is 0.410 e. The van der Waals surface area contributed by atoms with Crippen LogP contribution in [0.25, 0.3) is 11.3 Å². The first-order chi connectivity index (χ1) is 17.9. The lowest BCUT2D eigenvalue weighted by Crippen LogP contribution is -2.39. The van der Waals surface area contributed by atoms with Gasteiger partial charge < -0.3 is 21.1 Å². The molecule has 0 unspecified atom stereocenters. The average Bonchev–Trinajstić information content (AvgIpc) is 3.39. The van der Waals surface area contributed by atoms with Gasteiger partial charge in [-0.2, -0.15) is 10.2 Å². The number of nitrogen functional groups attached to an aromatic ring is 1. The summed E-state index contributed by atoms with van der Waals surface area (Å²) in [6, 6.07) is 4.07. The van der Waals surface area contributed by atoms with Gasteiger partial charge in [0.25, 0.3) is 5.91 Å². The Bertz CT molecular complexity index is 1320. The normalized spacial score (nSPS) is 15.2. The molecule has 0 saturated carbocycles. The molecule has 2 aromatic heterocycles. The topological polar surface area (TPSA) is 134 Å². The summed E-state index contributed by atoms with van der Waals surface area (Å²) in [6.07, 6.45) is 5.79. The van der Waals surface area contributed by atoms with Crippen molar-refractivity contribution in [2.75, 3.05) is 18.8 Å². The minimum atomic E-state index is -0.688. The lowest BCUT2D eigenvalue weighted by atomic mass is 10.0. The Morgan fingerprint density at radius 3 is 2.53 bits per heavy atom. The maximum atomic E-state index is 13.7. The lowest BCUT2D eigenvalue weighted by molar-refractivity contribution is 0.0228. The zero-order chi connectivity index (χ0) is 27.6. The first-order valence-electron chi connectivity index (χ1n) is 12.6. The molecule has 0 bridgehead atoms. The molecule has 12 heteroatoms. The third kappa shape index (κ3) is 6.27. The Hall–Kier alpha value is -3.60. The van der Waals surface area contributed by atoms with E-state index in [9.17, 15) is 14.0 Å². The van der Waals surface area contributed by atoms with Crippen LogP contribution >= 0.6 is 11.6 Å². The molecular weight excluding hydrogens is 513 g/mol. The first-order valence-corrected chi connectivity index (χ1v) is 12.9. The number of anilines is 1. The molecule has 4 N–H and O–H groups in total. The number of ether oxygens (including phenoxy) is 1. The van der Waals surface area contributed by atoms with Gasteiger partial charge in [-0.1, -0.05) is 11.6 Å². The largest absolute Gasteiger partial charge is 0.444 e. The maximum Gasteiger partial charge on any atom is 0.410 e. The van der Waals surface area contributed by atoms with E-state index in [1.807, 2.05) is 20.8 Å². The van der Waals surface area contributed by atoms with Gasteiger partial charge in [-0.25, -0.2) is 13.9 Å². The molecule has 1 aliphatic heterocycles. The first kappa shape index (κ1) is 27.4. The quantitative estimate of drug-likeness (QED) is 0.480. The van der Waals surface area contributed by atoms with Gasteiger partial charge in [0, 0.05) is 29.9 Å². The fourth-order valence-electron chi connectivity index (χ4n) is 4.63. The van der Waals surface area contributed by atoms with Crippen LogP contribution in [-0.4, -0.2) is 55.2 Å². The van der Waals surface area contributed by atoms with E-state index in [1.165, 1.54) is 18.2 Å². The highest BCUT2D eigenvalue weighted by Crippen LogP contribution is 2.33. The summed E-state index contributed by atoms with van der Waals surface area (Å²) in [5, 5.41) is 9.45. The molecule has 0 spiro atoms. The van der Waals surface area contributed by atoms with Crippen LogP contribution in [-0.2, 0) is 11.3 Å². The molecule has 1 fully saturated rings. The number of amides is 2. The van der Waals surface area contributed by atoms with Crippen molar-refractivity contribution in [3.63, 3.8) is 0 Å². The van der Waals surface area contributed by atoms with E-state index in [2.05, 4.69) is 5.10 Å². The number of carbonyl (C=O) groups is 2. The number of nitrogens with two attached hydrogens (primary N) is 2. The number of carbonyl (C=O) groups excluding carboxylic acids is 2. The van der Waals surface area contributed by atoms with Crippen LogP contribution in [0.15, 0.2) is 30.6 Å². The molecule has 1 aromatic carbocycles. The van der Waals surface area contributed by atoms with E-state index in [4.69, 9.17) is 32.9 Å². The Morgan fingerprint density at radius 1 is 1.21 bits per heavy atom. The summed E-state index contributed by atoms with van der Waals surface area (Å²) in [6.45, 7) is 6.88. The monoisotopic (exact) mass is 545 g/mol. The van der Waals surface area contributed by atoms with E-state index in [1.54, 1.807) is 26.7 Å². The second-order valence-electron chi connectivity index (χ2n) is 10.5. The fraction of sp³-hybridized carbons (Fsp3) is 0.462. The second-order valence-corrected chi connectivity index (χ2v) is 10.9. The van der Waals surface area contributed by atoms with Gasteiger partial charge in [0.05, 0.1) is 18.8 Å². The van der Waals surface area contributed by atoms with E-state index in [0.29, 0.717) is 47.8 Å². The van der Waals surface area contributed by atoms with Crippen LogP contribution < -0.4 is 11.5 Å². The predicted octanol–water partition coefficient (Wildman–Crippen LogP) is 4.62. The Labute approximate surface area is 225 Å². The molecule has 0 aliphatic carbocycles. The molecule has 4 rings (SSSR count). The summed E-state index contributed by atoms with van der Waals surface area (Å²) in [4.78, 5) is 26.6. The van der Waals surface area contributed by atoms with E-state index >= 15 is 0 Å². The average molecular weight is 546 g/mol. The molecule has 10 nitrogen and oxygen atoms in total. The third-order valence-electron chi connectivity index (χ3n) is 6.37. The summed E-state index contributed by atoms with van der Waals surface area (Å²) >= 11 is 6.20. The van der Waals surface area contributed by atoms with Crippen molar-refractivity contribution in [3.05, 3.63) is 52.6 Å². The van der Waals surface area contributed by atoms with E-state index in [-0.39, 0.29) is 30.1 Å². The van der Waals surface area contributed by atoms with Crippen LogP contribution in [0.1, 0.15) is 68.4 Å². The van der Waals surface area contributed by atoms with Crippen molar-refractivity contribution in [2.45, 2.75) is 64.6 Å². The number of nitrogens with zero attached hydrogens (tertiary/aromatic N) is 5. The van der Waals surface area contributed by atoms with Gasteiger partial charge in [0.1, 0.15) is 28.5 Å². The lowest BCUT2D eigenvalue weighted by Gasteiger charge is -2.30. The number of hydrogen-bond donors (Lipinski definition) is 2. The minimum absolute atomic E-state index is 0.0659. The number of primary amides is 1. The van der Waals surface area contributed by atoms with Crippen molar-refractivity contribution in [1.82, 2.24) is 24.5 Å². The standard InChI is InChI=1S/C26H33ClFN7O3/c1-26(2,3)38-25(37)33-10-4-6-19(7-5-11-33)35-23(29)21(24(30)36)22(32-35)17-13-31-34(15-17)14-16-12-18(28)8-9-20(16)27/h8-9,12-13,15,19H,4-7,10-11,14,29H2,1-3H3,(H2,30,36). The number of hydrogen-bond acceptors (Lipinski definition) is 6. The van der Waals surface area contributed by atoms with Gasteiger partial charge in [-0.05, 0) is 70.2 Å². The highest BCUT2D eigenvalue weighted by atomic mass is 35.5. The van der Waals surface area contributed by atoms with Gasteiger partial charge in [-0.3, -0.25) is 9.48 Å². The SMILES string of the molecule is CC(C)(C)OC(=O)N1CCCC(n2nc(-c3cnn(Cc4cc(F)ccc4Cl)c3)c(C(N)=O)c2N)CCC1. The number of halogens is 2. The van der Waals surface area contributed by atoms with Crippen molar-refractivity contribution in [1.29, 1.82) is 0 Å². The molecule has 0 atom stereocenters. The zero-order valence-corrected chi connectivity index (χ0v) is 22.5. The molecular formula is C26H33ClFN7O3. The molecule has 2 amide bonds. The van der Waals surface area contributed by atoms with Crippen LogP contribution in [0, 0.1) is 5.82 Å². The Balaban J connectivity index is 1.53. The van der Waals surface area contributed by atoms with E-state index in [0.717, 1.165) is 12.8 Å². The second kappa shape index (κ2) is 11.0. The van der Waals surface area contributed by atoms with Crippen molar-refractivity contribution >= 4 is 29.4 Å². The van der Waals surface area contributed by atoms with Gasteiger partial charge >= 0.3 is 6.09 Å². The molecule has 0 radical (unpaired) electrons. The summed E-state index contributed by atoms with van der Waals surface area (Å²) in [7, 11) is 0. The minimum Gasteiger partial charge on any atom is -0.444 e. The van der Waals surface area contributed by atoms with Crippen molar-refractivity contribution < 1.29 is 18.7 Å². The molecule has 3 heterocycles.